The summed E-state index contributed by atoms with van der Waals surface area (Å²) in [6.45, 7) is 0. The van der Waals surface area contributed by atoms with Crippen LogP contribution in [-0.2, 0) is 0 Å². The van der Waals surface area contributed by atoms with Crippen molar-refractivity contribution in [2.75, 3.05) is 4.90 Å². The molecule has 0 atom stereocenters. The third kappa shape index (κ3) is 6.60. The van der Waals surface area contributed by atoms with Crippen LogP contribution in [0.3, 0.4) is 0 Å². The number of hydrogen-bond donors (Lipinski definition) is 0. The highest BCUT2D eigenvalue weighted by molar-refractivity contribution is 7.20. The normalized spacial score (nSPS) is 11.9. The lowest BCUT2D eigenvalue weighted by Crippen LogP contribution is -2.74. The number of rotatable bonds is 9. The van der Waals surface area contributed by atoms with Gasteiger partial charge in [0.25, 0.3) is 0 Å². The van der Waals surface area contributed by atoms with Crippen LogP contribution in [0.25, 0.3) is 65.8 Å². The second-order valence-corrected chi connectivity index (χ2v) is 21.8. The first-order valence-electron chi connectivity index (χ1n) is 23.6. The predicted octanol–water partition coefficient (Wildman–Crippen LogP) is 14.2. The van der Waals surface area contributed by atoms with Crippen LogP contribution in [0.15, 0.2) is 261 Å². The van der Waals surface area contributed by atoms with E-state index in [0.29, 0.717) is 0 Å². The summed E-state index contributed by atoms with van der Waals surface area (Å²) in [6, 6.07) is 90.6. The maximum atomic E-state index is 14.7. The largest absolute Gasteiger partial charge is 0.310 e. The minimum Gasteiger partial charge on any atom is -0.310 e. The van der Waals surface area contributed by atoms with Crippen molar-refractivity contribution in [2.45, 2.75) is 0 Å². The summed E-state index contributed by atoms with van der Waals surface area (Å²) >= 11 is 0. The number of halogens is 2. The zero-order valence-corrected chi connectivity index (χ0v) is 38.9. The van der Waals surface area contributed by atoms with Gasteiger partial charge in [-0.2, -0.15) is 0 Å². The highest BCUT2D eigenvalue weighted by atomic mass is 28.3. The third-order valence-electron chi connectivity index (χ3n) is 14.2. The molecular weight excluding hydrogens is 877 g/mol. The van der Waals surface area contributed by atoms with Crippen molar-refractivity contribution in [1.29, 1.82) is 0 Å². The fourth-order valence-electron chi connectivity index (χ4n) is 11.1. The van der Waals surface area contributed by atoms with Gasteiger partial charge in [-0.25, -0.2) is 8.78 Å². The maximum absolute atomic E-state index is 14.7. The molecule has 0 saturated carbocycles. The van der Waals surface area contributed by atoms with Gasteiger partial charge in [0.05, 0.1) is 27.8 Å². The van der Waals surface area contributed by atoms with Gasteiger partial charge in [0.1, 0.15) is 11.6 Å². The molecule has 0 spiro atoms. The smallest absolute Gasteiger partial charge is 0.179 e. The molecule has 0 bridgehead atoms. The minimum atomic E-state index is -2.92. The van der Waals surface area contributed by atoms with Crippen molar-refractivity contribution in [3.63, 3.8) is 0 Å². The molecule has 332 valence electrons. The van der Waals surface area contributed by atoms with E-state index in [-0.39, 0.29) is 11.6 Å². The first-order chi connectivity index (χ1) is 34.5. The summed E-state index contributed by atoms with van der Waals surface area (Å²) in [4.78, 5) is 2.38. The van der Waals surface area contributed by atoms with Crippen LogP contribution < -0.4 is 25.6 Å². The Morgan fingerprint density at radius 1 is 0.300 bits per heavy atom. The molecule has 0 aliphatic heterocycles. The molecule has 13 rings (SSSR count). The zero-order valence-electron chi connectivity index (χ0n) is 37.9. The van der Waals surface area contributed by atoms with Crippen molar-refractivity contribution < 1.29 is 8.78 Å². The van der Waals surface area contributed by atoms with Crippen molar-refractivity contribution in [2.24, 2.45) is 0 Å². The Morgan fingerprint density at radius 3 is 1.26 bits per heavy atom. The van der Waals surface area contributed by atoms with Crippen LogP contribution in [0.2, 0.25) is 0 Å². The number of nitrogens with zero attached hydrogens (tertiary/aromatic N) is 3. The highest BCUT2D eigenvalue weighted by Gasteiger charge is 2.41. The highest BCUT2D eigenvalue weighted by Crippen LogP contribution is 2.44. The summed E-state index contributed by atoms with van der Waals surface area (Å²) in [5, 5.41) is 11.8. The van der Waals surface area contributed by atoms with Gasteiger partial charge < -0.3 is 14.0 Å². The summed E-state index contributed by atoms with van der Waals surface area (Å²) < 4.78 is 33.4. The van der Waals surface area contributed by atoms with Crippen LogP contribution in [0.5, 0.6) is 0 Å². The van der Waals surface area contributed by atoms with E-state index in [4.69, 9.17) is 0 Å². The van der Waals surface area contributed by atoms with E-state index in [2.05, 4.69) is 226 Å². The average molecular weight is 920 g/mol. The van der Waals surface area contributed by atoms with Crippen molar-refractivity contribution in [3.05, 3.63) is 272 Å². The molecule has 6 heteroatoms. The number of hydrogen-bond acceptors (Lipinski definition) is 1. The van der Waals surface area contributed by atoms with Gasteiger partial charge in [-0.1, -0.05) is 158 Å². The van der Waals surface area contributed by atoms with Crippen molar-refractivity contribution in [3.8, 4) is 11.4 Å². The van der Waals surface area contributed by atoms with Gasteiger partial charge in [-0.3, -0.25) is 0 Å². The molecule has 2 aromatic heterocycles. The summed E-state index contributed by atoms with van der Waals surface area (Å²) in [7, 11) is -2.92. The number of aromatic nitrogens is 2. The van der Waals surface area contributed by atoms with Gasteiger partial charge in [-0.15, -0.1) is 0 Å². The first-order valence-corrected chi connectivity index (χ1v) is 25.6. The number of para-hydroxylation sites is 1. The molecule has 13 aromatic rings. The van der Waals surface area contributed by atoms with Crippen LogP contribution in [-0.4, -0.2) is 17.2 Å². The van der Waals surface area contributed by atoms with Crippen LogP contribution >= 0.6 is 0 Å². The fraction of sp³-hybridized carbons (Fsp3) is 0. The topological polar surface area (TPSA) is 13.1 Å². The SMILES string of the molecule is Fc1ccc(-n2c3ccccc3c3cc(N(c4ccc5c(c4)c4cc([Si](c6ccccc6)(c6ccccc6)c6ccccc6)ccc4n5-c4ccc(F)cc4)c4cccc5ccccc45)ccc32)cc1. The van der Waals surface area contributed by atoms with Crippen LogP contribution in [0, 0.1) is 11.6 Å². The number of fused-ring (bicyclic) bond motifs is 7. The van der Waals surface area contributed by atoms with E-state index in [0.717, 1.165) is 82.8 Å². The average Bonchev–Trinajstić information content (AvgIpc) is 3.92. The molecule has 0 amide bonds. The fourth-order valence-corrected chi connectivity index (χ4v) is 15.9. The van der Waals surface area contributed by atoms with E-state index in [1.54, 1.807) is 12.1 Å². The third-order valence-corrected chi connectivity index (χ3v) is 18.9. The standard InChI is InChI=1S/C64H43F2N3Si/c65-45-27-31-47(32-28-45)68-61-25-13-12-24-56(61)57-41-49(35-38-62(57)68)67(60-26-14-16-44-15-10-11-23-55(44)60)50-36-39-63-58(42-50)59-43-54(37-40-64(59)69(63)48-33-29-46(66)30-34-48)70(51-17-4-1-5-18-51,52-19-6-2-7-20-52)53-21-8-3-9-22-53/h1-43H. The first kappa shape index (κ1) is 41.4. The van der Waals surface area contributed by atoms with E-state index in [9.17, 15) is 8.78 Å². The second-order valence-electron chi connectivity index (χ2n) is 18.0. The maximum Gasteiger partial charge on any atom is 0.179 e. The molecule has 11 aromatic carbocycles. The van der Waals surface area contributed by atoms with Crippen molar-refractivity contribution >= 4 is 100 Å². The lowest BCUT2D eigenvalue weighted by atomic mass is 10.0. The predicted molar refractivity (Wildman–Crippen MR) is 291 cm³/mol. The van der Waals surface area contributed by atoms with Gasteiger partial charge in [0, 0.05) is 49.7 Å². The monoisotopic (exact) mass is 919 g/mol. The van der Waals surface area contributed by atoms with Gasteiger partial charge in [0.2, 0.25) is 0 Å². The Morgan fingerprint density at radius 2 is 0.714 bits per heavy atom. The second kappa shape index (κ2) is 16.7. The zero-order chi connectivity index (χ0) is 46.8. The quantitative estimate of drug-likeness (QED) is 0.104. The Bertz CT molecular complexity index is 3970. The Balaban J connectivity index is 1.10. The molecule has 70 heavy (non-hydrogen) atoms. The lowest BCUT2D eigenvalue weighted by Gasteiger charge is -2.34. The molecule has 0 saturated heterocycles. The summed E-state index contributed by atoms with van der Waals surface area (Å²) in [5.41, 5.74) is 8.94. The summed E-state index contributed by atoms with van der Waals surface area (Å²) in [6.07, 6.45) is 0. The molecule has 0 N–H and O–H groups in total. The molecule has 0 unspecified atom stereocenters. The van der Waals surface area contributed by atoms with Gasteiger partial charge >= 0.3 is 0 Å². The molecular formula is C64H43F2N3Si. The molecule has 0 radical (unpaired) electrons. The van der Waals surface area contributed by atoms with Gasteiger partial charge in [-0.05, 0) is 129 Å². The molecule has 0 aliphatic rings. The minimum absolute atomic E-state index is 0.267. The van der Waals surface area contributed by atoms with E-state index < -0.39 is 8.07 Å². The van der Waals surface area contributed by atoms with Crippen LogP contribution in [0.1, 0.15) is 0 Å². The molecule has 0 aliphatic carbocycles. The summed E-state index contributed by atoms with van der Waals surface area (Å²) in [5.74, 6) is -0.543. The Kier molecular flexibility index (Phi) is 9.89. The number of benzene rings is 11. The Hall–Kier alpha value is -8.84. The van der Waals surface area contributed by atoms with E-state index in [1.165, 1.54) is 32.9 Å². The van der Waals surface area contributed by atoms with Crippen molar-refractivity contribution in [1.82, 2.24) is 9.13 Å². The molecule has 2 heterocycles. The van der Waals surface area contributed by atoms with Crippen LogP contribution in [0.4, 0.5) is 25.8 Å². The van der Waals surface area contributed by atoms with Gasteiger partial charge in [0.15, 0.2) is 8.07 Å². The van der Waals surface area contributed by atoms with E-state index >= 15 is 0 Å². The Labute approximate surface area is 405 Å². The number of anilines is 3. The molecule has 3 nitrogen and oxygen atoms in total. The van der Waals surface area contributed by atoms with E-state index in [1.807, 2.05) is 24.3 Å². The lowest BCUT2D eigenvalue weighted by molar-refractivity contribution is 0.627. The molecule has 0 fully saturated rings.